The van der Waals surface area contributed by atoms with Gasteiger partial charge in [0, 0.05) is 7.05 Å². The van der Waals surface area contributed by atoms with Gasteiger partial charge in [0.2, 0.25) is 0 Å². The van der Waals surface area contributed by atoms with Crippen LogP contribution in [0.5, 0.6) is 0 Å². The Morgan fingerprint density at radius 3 is 2.42 bits per heavy atom. The van der Waals surface area contributed by atoms with E-state index in [-0.39, 0.29) is 12.1 Å². The highest BCUT2D eigenvalue weighted by Gasteiger charge is 2.34. The van der Waals surface area contributed by atoms with Crippen LogP contribution in [0.4, 0.5) is 4.79 Å². The van der Waals surface area contributed by atoms with Crippen LogP contribution < -0.4 is 0 Å². The molecule has 2 atom stereocenters. The summed E-state index contributed by atoms with van der Waals surface area (Å²) in [6.07, 6.45) is 0.719. The Hall–Kier alpha value is -1.51. The molecule has 0 aromatic heterocycles. The van der Waals surface area contributed by atoms with E-state index in [1.54, 1.807) is 4.90 Å². The Kier molecular flexibility index (Phi) is 3.57. The first-order valence-corrected chi connectivity index (χ1v) is 6.84. The maximum absolute atomic E-state index is 12.2. The third kappa shape index (κ3) is 2.91. The number of hydrogen-bond acceptors (Lipinski definition) is 2. The lowest BCUT2D eigenvalue weighted by Crippen LogP contribution is -2.36. The van der Waals surface area contributed by atoms with Gasteiger partial charge in [0.25, 0.3) is 0 Å². The molecule has 1 unspecified atom stereocenters. The molecule has 0 saturated heterocycles. The lowest BCUT2D eigenvalue weighted by atomic mass is 10.0. The molecule has 1 aromatic carbocycles. The molecule has 0 bridgehead atoms. The molecule has 3 heteroatoms. The van der Waals surface area contributed by atoms with Gasteiger partial charge in [-0.25, -0.2) is 4.79 Å². The van der Waals surface area contributed by atoms with E-state index in [4.69, 9.17) is 4.74 Å². The van der Waals surface area contributed by atoms with Gasteiger partial charge in [-0.05, 0) is 44.2 Å². The van der Waals surface area contributed by atoms with E-state index in [0.29, 0.717) is 5.92 Å². The van der Waals surface area contributed by atoms with E-state index in [1.165, 1.54) is 11.1 Å². The second kappa shape index (κ2) is 4.87. The maximum Gasteiger partial charge on any atom is 0.410 e. The van der Waals surface area contributed by atoms with Gasteiger partial charge in [-0.3, -0.25) is 0 Å². The van der Waals surface area contributed by atoms with E-state index in [9.17, 15) is 4.79 Å². The van der Waals surface area contributed by atoms with Gasteiger partial charge in [-0.1, -0.05) is 31.2 Å². The Balaban J connectivity index is 2.18. The number of hydrogen-bond donors (Lipinski definition) is 0. The van der Waals surface area contributed by atoms with Crippen LogP contribution in [0, 0.1) is 0 Å². The minimum absolute atomic E-state index is 0.126. The van der Waals surface area contributed by atoms with Gasteiger partial charge >= 0.3 is 6.09 Å². The number of benzene rings is 1. The fourth-order valence-electron chi connectivity index (χ4n) is 2.68. The smallest absolute Gasteiger partial charge is 0.410 e. The molecule has 104 valence electrons. The molecule has 0 N–H and O–H groups in total. The van der Waals surface area contributed by atoms with Crippen LogP contribution >= 0.6 is 0 Å². The third-order valence-electron chi connectivity index (χ3n) is 3.61. The van der Waals surface area contributed by atoms with Crippen LogP contribution in [0.2, 0.25) is 0 Å². The summed E-state index contributed by atoms with van der Waals surface area (Å²) in [4.78, 5) is 13.9. The lowest BCUT2D eigenvalue weighted by Gasteiger charge is -2.29. The summed E-state index contributed by atoms with van der Waals surface area (Å²) in [5.74, 6) is 0.492. The van der Waals surface area contributed by atoms with Gasteiger partial charge in [0.05, 0.1) is 6.04 Å². The first-order chi connectivity index (χ1) is 8.79. The number of rotatable bonds is 1. The number of carbonyl (C=O) groups excluding carboxylic acids is 1. The molecule has 1 aliphatic rings. The van der Waals surface area contributed by atoms with Crippen LogP contribution in [0.1, 0.15) is 57.2 Å². The molecule has 1 aromatic rings. The number of amides is 1. The first kappa shape index (κ1) is 13.9. The van der Waals surface area contributed by atoms with Crippen molar-refractivity contribution in [3.8, 4) is 0 Å². The first-order valence-electron chi connectivity index (χ1n) is 6.84. The largest absolute Gasteiger partial charge is 0.444 e. The molecular weight excluding hydrogens is 238 g/mol. The Morgan fingerprint density at radius 2 is 1.84 bits per heavy atom. The molecule has 0 radical (unpaired) electrons. The Bertz CT molecular complexity index is 476. The highest BCUT2D eigenvalue weighted by Crippen LogP contribution is 2.42. The SMILES string of the molecule is C[C@@H]1CC(N(C)C(=O)OC(C)(C)C)c2ccccc21. The molecule has 1 amide bonds. The predicted molar refractivity (Wildman–Crippen MR) is 76.2 cm³/mol. The molecule has 3 nitrogen and oxygen atoms in total. The second-order valence-electron chi connectivity index (χ2n) is 6.37. The molecule has 0 saturated carbocycles. The quantitative estimate of drug-likeness (QED) is 0.761. The van der Waals surface area contributed by atoms with Crippen molar-refractivity contribution < 1.29 is 9.53 Å². The number of carbonyl (C=O) groups is 1. The minimum atomic E-state index is -0.449. The summed E-state index contributed by atoms with van der Waals surface area (Å²) in [6, 6.07) is 8.49. The molecule has 19 heavy (non-hydrogen) atoms. The van der Waals surface area contributed by atoms with Crippen molar-refractivity contribution in [2.45, 2.75) is 51.7 Å². The van der Waals surface area contributed by atoms with Crippen molar-refractivity contribution in [1.29, 1.82) is 0 Å². The van der Waals surface area contributed by atoms with Crippen LogP contribution in [0.3, 0.4) is 0 Å². The third-order valence-corrected chi connectivity index (χ3v) is 3.61. The minimum Gasteiger partial charge on any atom is -0.444 e. The van der Waals surface area contributed by atoms with Gasteiger partial charge in [-0.2, -0.15) is 0 Å². The zero-order valence-corrected chi connectivity index (χ0v) is 12.4. The van der Waals surface area contributed by atoms with E-state index >= 15 is 0 Å². The Morgan fingerprint density at radius 1 is 1.26 bits per heavy atom. The number of nitrogens with zero attached hydrogens (tertiary/aromatic N) is 1. The van der Waals surface area contributed by atoms with Crippen molar-refractivity contribution >= 4 is 6.09 Å². The maximum atomic E-state index is 12.2. The van der Waals surface area contributed by atoms with Crippen LogP contribution in [-0.4, -0.2) is 23.6 Å². The predicted octanol–water partition coefficient (Wildman–Crippen LogP) is 4.10. The van der Waals surface area contributed by atoms with Gasteiger partial charge < -0.3 is 9.64 Å². The number of fused-ring (bicyclic) bond motifs is 1. The summed E-state index contributed by atoms with van der Waals surface area (Å²) in [5.41, 5.74) is 2.15. The van der Waals surface area contributed by atoms with E-state index in [2.05, 4.69) is 25.1 Å². The Labute approximate surface area is 115 Å². The lowest BCUT2D eigenvalue weighted by molar-refractivity contribution is 0.0217. The normalized spacial score (nSPS) is 21.9. The monoisotopic (exact) mass is 261 g/mol. The van der Waals surface area contributed by atoms with Gasteiger partial charge in [0.1, 0.15) is 5.60 Å². The zero-order chi connectivity index (χ0) is 14.2. The summed E-state index contributed by atoms with van der Waals surface area (Å²) in [5, 5.41) is 0. The van der Waals surface area contributed by atoms with E-state index in [0.717, 1.165) is 6.42 Å². The fourth-order valence-corrected chi connectivity index (χ4v) is 2.68. The molecular formula is C16H23NO2. The molecule has 0 fully saturated rings. The molecule has 2 rings (SSSR count). The highest BCUT2D eigenvalue weighted by atomic mass is 16.6. The molecule has 0 aliphatic heterocycles. The van der Waals surface area contributed by atoms with E-state index in [1.807, 2.05) is 33.9 Å². The summed E-state index contributed by atoms with van der Waals surface area (Å²) in [7, 11) is 1.83. The molecule has 0 spiro atoms. The molecule has 1 aliphatic carbocycles. The topological polar surface area (TPSA) is 29.5 Å². The fraction of sp³-hybridized carbons (Fsp3) is 0.562. The van der Waals surface area contributed by atoms with Crippen molar-refractivity contribution in [1.82, 2.24) is 4.90 Å². The number of ether oxygens (including phenoxy) is 1. The van der Waals surface area contributed by atoms with E-state index < -0.39 is 5.60 Å². The zero-order valence-electron chi connectivity index (χ0n) is 12.4. The van der Waals surface area contributed by atoms with Gasteiger partial charge in [0.15, 0.2) is 0 Å². The van der Waals surface area contributed by atoms with Gasteiger partial charge in [-0.15, -0.1) is 0 Å². The van der Waals surface area contributed by atoms with Crippen LogP contribution in [-0.2, 0) is 4.74 Å². The van der Waals surface area contributed by atoms with Crippen LogP contribution in [0.15, 0.2) is 24.3 Å². The van der Waals surface area contributed by atoms with Crippen molar-refractivity contribution in [2.75, 3.05) is 7.05 Å². The summed E-state index contributed by atoms with van der Waals surface area (Å²) >= 11 is 0. The highest BCUT2D eigenvalue weighted by molar-refractivity contribution is 5.69. The molecule has 0 heterocycles. The summed E-state index contributed by atoms with van der Waals surface area (Å²) < 4.78 is 5.45. The average Bonchev–Trinajstić information content (AvgIpc) is 2.64. The van der Waals surface area contributed by atoms with Crippen molar-refractivity contribution in [2.24, 2.45) is 0 Å². The summed E-state index contributed by atoms with van der Waals surface area (Å²) in [6.45, 7) is 7.89. The second-order valence-corrected chi connectivity index (χ2v) is 6.37. The standard InChI is InChI=1S/C16H23NO2/c1-11-10-14(13-9-7-6-8-12(11)13)17(5)15(18)19-16(2,3)4/h6-9,11,14H,10H2,1-5H3/t11-,14?/m1/s1. The van der Waals surface area contributed by atoms with Crippen LogP contribution in [0.25, 0.3) is 0 Å². The average molecular weight is 261 g/mol. The van der Waals surface area contributed by atoms with Crippen molar-refractivity contribution in [3.63, 3.8) is 0 Å². The van der Waals surface area contributed by atoms with Crippen molar-refractivity contribution in [3.05, 3.63) is 35.4 Å².